The largest absolute Gasteiger partial charge is 0.465 e. The summed E-state index contributed by atoms with van der Waals surface area (Å²) < 4.78 is 29.9. The van der Waals surface area contributed by atoms with Crippen LogP contribution in [0.1, 0.15) is 33.6 Å². The van der Waals surface area contributed by atoms with Gasteiger partial charge < -0.3 is 10.0 Å². The van der Waals surface area contributed by atoms with Crippen molar-refractivity contribution in [3.05, 3.63) is 26.0 Å². The number of fused-ring (bicyclic) bond motifs is 3. The highest BCUT2D eigenvalue weighted by molar-refractivity contribution is 14.1. The molecule has 2 aliphatic heterocycles. The lowest BCUT2D eigenvalue weighted by Gasteiger charge is -2.54. The van der Waals surface area contributed by atoms with Crippen molar-refractivity contribution in [2.24, 2.45) is 5.41 Å². The number of amides is 1. The number of halogens is 4. The molecule has 29 heavy (non-hydrogen) atoms. The van der Waals surface area contributed by atoms with Gasteiger partial charge in [0.15, 0.2) is 5.82 Å². The van der Waals surface area contributed by atoms with Crippen LogP contribution in [0.5, 0.6) is 0 Å². The first kappa shape index (κ1) is 21.0. The number of benzene rings is 1. The highest BCUT2D eigenvalue weighted by Gasteiger charge is 2.59. The standard InChI is InChI=1S/C19H20BrF2IN4O2/c1-18(2,3)19-5-4-9(27(19)17(28)29)7-26(8-19)15-10-6-11(23)12(20)13(21)14(10)24-16(22)25-15/h6,9H,4-5,7-8H2,1-3H3,(H,28,29). The van der Waals surface area contributed by atoms with Crippen LogP contribution in [-0.4, -0.2) is 50.7 Å². The number of hydrogen-bond donors (Lipinski definition) is 1. The topological polar surface area (TPSA) is 69.6 Å². The number of hydrogen-bond acceptors (Lipinski definition) is 4. The van der Waals surface area contributed by atoms with Crippen molar-refractivity contribution in [3.63, 3.8) is 0 Å². The summed E-state index contributed by atoms with van der Waals surface area (Å²) in [7, 11) is 0. The van der Waals surface area contributed by atoms with Crippen LogP contribution in [0.2, 0.25) is 0 Å². The number of rotatable bonds is 1. The molecule has 1 aromatic heterocycles. The average Bonchev–Trinajstić information content (AvgIpc) is 2.88. The molecule has 1 aromatic carbocycles. The molecule has 4 rings (SSSR count). The van der Waals surface area contributed by atoms with Crippen LogP contribution >= 0.6 is 38.5 Å². The molecule has 156 valence electrons. The fraction of sp³-hybridized carbons (Fsp3) is 0.526. The Morgan fingerprint density at radius 3 is 2.69 bits per heavy atom. The Bertz CT molecular complexity index is 1030. The fourth-order valence-electron chi connectivity index (χ4n) is 4.81. The van der Waals surface area contributed by atoms with E-state index in [-0.39, 0.29) is 21.4 Å². The SMILES string of the molecule is CC(C)(C)C12CCC(CN(c3nc(F)nc4c(F)c(Br)c(I)cc34)C1)N2C(=O)O. The Kier molecular flexibility index (Phi) is 4.96. The summed E-state index contributed by atoms with van der Waals surface area (Å²) in [6.45, 7) is 6.80. The third kappa shape index (κ3) is 3.08. The number of aromatic nitrogens is 2. The Labute approximate surface area is 188 Å². The summed E-state index contributed by atoms with van der Waals surface area (Å²) in [4.78, 5) is 23.2. The van der Waals surface area contributed by atoms with Gasteiger partial charge in [0.1, 0.15) is 11.3 Å². The number of carbonyl (C=O) groups is 1. The lowest BCUT2D eigenvalue weighted by atomic mass is 9.71. The van der Waals surface area contributed by atoms with Gasteiger partial charge in [-0.05, 0) is 62.8 Å². The summed E-state index contributed by atoms with van der Waals surface area (Å²) >= 11 is 5.18. The van der Waals surface area contributed by atoms with Gasteiger partial charge >= 0.3 is 12.2 Å². The number of anilines is 1. The van der Waals surface area contributed by atoms with E-state index in [9.17, 15) is 18.7 Å². The molecule has 3 heterocycles. The Balaban J connectivity index is 1.89. The highest BCUT2D eigenvalue weighted by Crippen LogP contribution is 2.50. The monoisotopic (exact) mass is 580 g/mol. The van der Waals surface area contributed by atoms with Crippen molar-refractivity contribution >= 4 is 61.3 Å². The van der Waals surface area contributed by atoms with Crippen LogP contribution < -0.4 is 4.90 Å². The highest BCUT2D eigenvalue weighted by atomic mass is 127. The summed E-state index contributed by atoms with van der Waals surface area (Å²) in [5, 5.41) is 10.3. The van der Waals surface area contributed by atoms with Crippen molar-refractivity contribution in [3.8, 4) is 0 Å². The molecule has 6 nitrogen and oxygen atoms in total. The van der Waals surface area contributed by atoms with Crippen molar-refractivity contribution in [2.45, 2.75) is 45.2 Å². The van der Waals surface area contributed by atoms with Crippen LogP contribution in [0.15, 0.2) is 10.5 Å². The molecule has 0 saturated carbocycles. The van der Waals surface area contributed by atoms with Crippen molar-refractivity contribution in [1.29, 1.82) is 0 Å². The molecule has 0 aliphatic carbocycles. The van der Waals surface area contributed by atoms with Gasteiger partial charge in [0.25, 0.3) is 0 Å². The molecule has 1 amide bonds. The zero-order valence-corrected chi connectivity index (χ0v) is 19.9. The van der Waals surface area contributed by atoms with Gasteiger partial charge in [-0.2, -0.15) is 14.4 Å². The summed E-state index contributed by atoms with van der Waals surface area (Å²) in [6.07, 6.45) is -0.502. The van der Waals surface area contributed by atoms with E-state index in [0.717, 1.165) is 6.42 Å². The summed E-state index contributed by atoms with van der Waals surface area (Å²) in [5.41, 5.74) is -1.07. The fourth-order valence-corrected chi connectivity index (χ4v) is 5.66. The molecular weight excluding hydrogens is 561 g/mol. The van der Waals surface area contributed by atoms with Crippen LogP contribution in [-0.2, 0) is 0 Å². The van der Waals surface area contributed by atoms with Gasteiger partial charge in [0.2, 0.25) is 0 Å². The van der Waals surface area contributed by atoms with E-state index in [2.05, 4.69) is 25.9 Å². The van der Waals surface area contributed by atoms with Gasteiger partial charge in [-0.3, -0.25) is 4.90 Å². The predicted octanol–water partition coefficient (Wildman–Crippen LogP) is 5.02. The molecule has 2 bridgehead atoms. The zero-order chi connectivity index (χ0) is 21.3. The van der Waals surface area contributed by atoms with Crippen LogP contribution in [0.3, 0.4) is 0 Å². The Hall–Kier alpha value is -1.30. The molecule has 1 N–H and O–H groups in total. The van der Waals surface area contributed by atoms with Crippen molar-refractivity contribution in [2.75, 3.05) is 18.0 Å². The molecule has 10 heteroatoms. The first-order valence-electron chi connectivity index (χ1n) is 9.24. The number of nitrogens with zero attached hydrogens (tertiary/aromatic N) is 4. The van der Waals surface area contributed by atoms with E-state index in [1.54, 1.807) is 11.0 Å². The molecule has 2 atom stereocenters. The van der Waals surface area contributed by atoms with E-state index in [4.69, 9.17) is 0 Å². The average molecular weight is 581 g/mol. The minimum atomic E-state index is -1.00. The number of carboxylic acid groups (broad SMARTS) is 1. The maximum Gasteiger partial charge on any atom is 0.408 e. The normalized spacial score (nSPS) is 24.4. The van der Waals surface area contributed by atoms with E-state index in [1.807, 2.05) is 48.3 Å². The maximum absolute atomic E-state index is 14.8. The van der Waals surface area contributed by atoms with Gasteiger partial charge in [-0.1, -0.05) is 20.8 Å². The molecule has 2 unspecified atom stereocenters. The van der Waals surface area contributed by atoms with Gasteiger partial charge in [0, 0.05) is 22.0 Å². The minimum absolute atomic E-state index is 0.0855. The molecule has 2 aromatic rings. The van der Waals surface area contributed by atoms with Crippen LogP contribution in [0.25, 0.3) is 10.9 Å². The molecule has 2 fully saturated rings. The smallest absolute Gasteiger partial charge is 0.408 e. The lowest BCUT2D eigenvalue weighted by molar-refractivity contribution is 0.00528. The van der Waals surface area contributed by atoms with Gasteiger partial charge in [0.05, 0.1) is 16.1 Å². The zero-order valence-electron chi connectivity index (χ0n) is 16.1. The van der Waals surface area contributed by atoms with Crippen molar-refractivity contribution in [1.82, 2.24) is 14.9 Å². The Morgan fingerprint density at radius 1 is 1.38 bits per heavy atom. The predicted molar refractivity (Wildman–Crippen MR) is 117 cm³/mol. The molecule has 2 saturated heterocycles. The second-order valence-electron chi connectivity index (χ2n) is 8.71. The lowest BCUT2D eigenvalue weighted by Crippen LogP contribution is -2.68. The van der Waals surface area contributed by atoms with Crippen molar-refractivity contribution < 1.29 is 18.7 Å². The minimum Gasteiger partial charge on any atom is -0.465 e. The molecular formula is C19H20BrF2IN4O2. The van der Waals surface area contributed by atoms with Gasteiger partial charge in [-0.25, -0.2) is 9.18 Å². The maximum atomic E-state index is 14.8. The quantitative estimate of drug-likeness (QED) is 0.291. The molecule has 0 radical (unpaired) electrons. The van der Waals surface area contributed by atoms with Gasteiger partial charge in [-0.15, -0.1) is 0 Å². The van der Waals surface area contributed by atoms with Crippen LogP contribution in [0, 0.1) is 20.9 Å². The summed E-state index contributed by atoms with van der Waals surface area (Å²) in [6, 6.07) is 1.50. The van der Waals surface area contributed by atoms with Crippen LogP contribution in [0.4, 0.5) is 19.4 Å². The van der Waals surface area contributed by atoms with E-state index < -0.39 is 23.5 Å². The third-order valence-corrected chi connectivity index (χ3v) is 8.65. The molecule has 2 aliphatic rings. The molecule has 0 spiro atoms. The Morgan fingerprint density at radius 2 is 2.07 bits per heavy atom. The number of piperazine rings is 1. The summed E-state index contributed by atoms with van der Waals surface area (Å²) in [5.74, 6) is -0.325. The van der Waals surface area contributed by atoms with E-state index in [1.165, 1.54) is 0 Å². The second-order valence-corrected chi connectivity index (χ2v) is 10.7. The van der Waals surface area contributed by atoms with E-state index in [0.29, 0.717) is 34.3 Å². The first-order valence-corrected chi connectivity index (χ1v) is 11.1. The first-order chi connectivity index (χ1) is 13.5. The van der Waals surface area contributed by atoms with E-state index >= 15 is 0 Å². The second kappa shape index (κ2) is 6.86. The third-order valence-electron chi connectivity index (χ3n) is 6.28.